The normalized spacial score (nSPS) is 11.8. The van der Waals surface area contributed by atoms with E-state index in [2.05, 4.69) is 4.99 Å². The maximum absolute atomic E-state index is 12.8. The van der Waals surface area contributed by atoms with Crippen LogP contribution in [0.3, 0.4) is 0 Å². The first kappa shape index (κ1) is 17.5. The van der Waals surface area contributed by atoms with E-state index in [-0.39, 0.29) is 11.6 Å². The van der Waals surface area contributed by atoms with Gasteiger partial charge in [0, 0.05) is 11.1 Å². The Hall–Kier alpha value is -3.27. The predicted molar refractivity (Wildman–Crippen MR) is 89.3 cm³/mol. The summed E-state index contributed by atoms with van der Waals surface area (Å²) >= 11 is 0. The van der Waals surface area contributed by atoms with Crippen LogP contribution < -0.4 is 0 Å². The molecule has 0 aliphatic rings. The van der Waals surface area contributed by atoms with Gasteiger partial charge in [-0.2, -0.15) is 18.4 Å². The summed E-state index contributed by atoms with van der Waals surface area (Å²) in [5, 5.41) is 9.16. The van der Waals surface area contributed by atoms with Crippen LogP contribution >= 0.6 is 0 Å². The van der Waals surface area contributed by atoms with E-state index in [4.69, 9.17) is 14.1 Å². The number of alkyl halides is 3. The molecular formula is C19H13F3N2O2. The van der Waals surface area contributed by atoms with Gasteiger partial charge in [-0.3, -0.25) is 0 Å². The molecule has 2 aromatic heterocycles. The van der Waals surface area contributed by atoms with Gasteiger partial charge < -0.3 is 8.83 Å². The number of nitrogens with zero attached hydrogens (tertiary/aromatic N) is 2. The Bertz CT molecular complexity index is 1020. The minimum atomic E-state index is -4.42. The zero-order valence-corrected chi connectivity index (χ0v) is 13.9. The number of hydrogen-bond donors (Lipinski definition) is 0. The van der Waals surface area contributed by atoms with E-state index in [1.165, 1.54) is 18.3 Å². The van der Waals surface area contributed by atoms with Gasteiger partial charge in [-0.25, -0.2) is 4.99 Å². The van der Waals surface area contributed by atoms with Crippen LogP contribution in [0.25, 0.3) is 11.3 Å². The van der Waals surface area contributed by atoms with Crippen LogP contribution in [0.5, 0.6) is 0 Å². The van der Waals surface area contributed by atoms with Gasteiger partial charge in [0.1, 0.15) is 28.9 Å². The number of halogens is 3. The molecule has 3 rings (SSSR count). The number of rotatable bonds is 3. The Morgan fingerprint density at radius 1 is 1.12 bits per heavy atom. The van der Waals surface area contributed by atoms with Crippen molar-refractivity contribution in [3.05, 3.63) is 64.6 Å². The average Bonchev–Trinajstić information content (AvgIpc) is 3.18. The number of aliphatic imine (C=N–C) groups is 1. The minimum Gasteiger partial charge on any atom is -0.455 e. The Kier molecular flexibility index (Phi) is 4.43. The number of benzene rings is 1. The number of hydrogen-bond acceptors (Lipinski definition) is 4. The molecule has 3 aromatic rings. The molecule has 0 aliphatic carbocycles. The number of nitriles is 1. The first-order chi connectivity index (χ1) is 12.3. The molecule has 132 valence electrons. The molecule has 0 aliphatic heterocycles. The van der Waals surface area contributed by atoms with Gasteiger partial charge in [0.25, 0.3) is 0 Å². The highest BCUT2D eigenvalue weighted by atomic mass is 19.4. The van der Waals surface area contributed by atoms with Crippen LogP contribution in [0.15, 0.2) is 50.2 Å². The number of furan rings is 2. The van der Waals surface area contributed by atoms with Crippen molar-refractivity contribution in [2.45, 2.75) is 20.0 Å². The van der Waals surface area contributed by atoms with Crippen molar-refractivity contribution in [2.75, 3.05) is 0 Å². The third kappa shape index (κ3) is 3.40. The molecule has 0 saturated carbocycles. The number of aryl methyl sites for hydroxylation is 1. The molecule has 0 spiro atoms. The van der Waals surface area contributed by atoms with Crippen LogP contribution in [-0.4, -0.2) is 6.21 Å². The summed E-state index contributed by atoms with van der Waals surface area (Å²) in [7, 11) is 0. The lowest BCUT2D eigenvalue weighted by Crippen LogP contribution is -2.04. The molecule has 0 atom stereocenters. The third-order valence-electron chi connectivity index (χ3n) is 3.89. The van der Waals surface area contributed by atoms with Gasteiger partial charge in [-0.1, -0.05) is 12.1 Å². The fourth-order valence-corrected chi connectivity index (χ4v) is 2.38. The highest BCUT2D eigenvalue weighted by Crippen LogP contribution is 2.33. The Morgan fingerprint density at radius 3 is 2.58 bits per heavy atom. The molecule has 7 heteroatoms. The van der Waals surface area contributed by atoms with Crippen molar-refractivity contribution in [3.63, 3.8) is 0 Å². The first-order valence-corrected chi connectivity index (χ1v) is 7.61. The summed E-state index contributed by atoms with van der Waals surface area (Å²) in [6.07, 6.45) is -3.06. The summed E-state index contributed by atoms with van der Waals surface area (Å²) in [5.41, 5.74) is 0.607. The van der Waals surface area contributed by atoms with Gasteiger partial charge in [-0.05, 0) is 38.1 Å². The van der Waals surface area contributed by atoms with E-state index in [9.17, 15) is 13.2 Å². The van der Waals surface area contributed by atoms with Crippen LogP contribution in [0.2, 0.25) is 0 Å². The highest BCUT2D eigenvalue weighted by molar-refractivity contribution is 5.80. The van der Waals surface area contributed by atoms with E-state index in [1.807, 2.05) is 6.07 Å². The summed E-state index contributed by atoms with van der Waals surface area (Å²) < 4.78 is 49.4. The van der Waals surface area contributed by atoms with Crippen molar-refractivity contribution < 1.29 is 22.0 Å². The van der Waals surface area contributed by atoms with E-state index in [0.29, 0.717) is 28.2 Å². The van der Waals surface area contributed by atoms with Crippen LogP contribution in [0.4, 0.5) is 19.1 Å². The van der Waals surface area contributed by atoms with Crippen LogP contribution in [0, 0.1) is 25.2 Å². The Balaban J connectivity index is 1.88. The summed E-state index contributed by atoms with van der Waals surface area (Å²) in [6.45, 7) is 3.49. The quantitative estimate of drug-likeness (QED) is 0.556. The second-order valence-electron chi connectivity index (χ2n) is 5.61. The van der Waals surface area contributed by atoms with E-state index >= 15 is 0 Å². The van der Waals surface area contributed by atoms with Gasteiger partial charge in [-0.15, -0.1) is 0 Å². The molecule has 0 bridgehead atoms. The standard InChI is InChI=1S/C19H13F3N2O2/c1-11-12(2)25-18(16(11)9-23)24-10-15-6-7-17(26-15)13-4-3-5-14(8-13)19(20,21)22/h3-8,10H,1-2H3. The fourth-order valence-electron chi connectivity index (χ4n) is 2.38. The largest absolute Gasteiger partial charge is 0.455 e. The lowest BCUT2D eigenvalue weighted by atomic mass is 10.1. The zero-order valence-electron chi connectivity index (χ0n) is 13.9. The monoisotopic (exact) mass is 358 g/mol. The maximum atomic E-state index is 12.8. The summed E-state index contributed by atoms with van der Waals surface area (Å²) in [4.78, 5) is 4.10. The van der Waals surface area contributed by atoms with Crippen LogP contribution in [0.1, 0.15) is 28.2 Å². The first-order valence-electron chi connectivity index (χ1n) is 7.61. The molecular weight excluding hydrogens is 345 g/mol. The van der Waals surface area contributed by atoms with Crippen molar-refractivity contribution in [3.8, 4) is 17.4 Å². The molecule has 0 unspecified atom stereocenters. The van der Waals surface area contributed by atoms with Crippen molar-refractivity contribution in [1.29, 1.82) is 5.26 Å². The lowest BCUT2D eigenvalue weighted by Gasteiger charge is -2.07. The van der Waals surface area contributed by atoms with E-state index in [0.717, 1.165) is 12.1 Å². The summed E-state index contributed by atoms with van der Waals surface area (Å²) in [6, 6.07) is 10.0. The SMILES string of the molecule is Cc1oc(N=Cc2ccc(-c3cccc(C(F)(F)F)c3)o2)c(C#N)c1C. The van der Waals surface area contributed by atoms with Crippen LogP contribution in [-0.2, 0) is 6.18 Å². The fraction of sp³-hybridized carbons (Fsp3) is 0.158. The predicted octanol–water partition coefficient (Wildman–Crippen LogP) is 5.80. The molecule has 2 heterocycles. The van der Waals surface area contributed by atoms with Crippen molar-refractivity contribution >= 4 is 12.1 Å². The van der Waals surface area contributed by atoms with Gasteiger partial charge in [0.15, 0.2) is 0 Å². The smallest absolute Gasteiger partial charge is 0.416 e. The highest BCUT2D eigenvalue weighted by Gasteiger charge is 2.30. The van der Waals surface area contributed by atoms with Crippen molar-refractivity contribution in [2.24, 2.45) is 4.99 Å². The maximum Gasteiger partial charge on any atom is 0.416 e. The second kappa shape index (κ2) is 6.56. The van der Waals surface area contributed by atoms with Gasteiger partial charge in [0.2, 0.25) is 5.88 Å². The molecule has 0 N–H and O–H groups in total. The molecule has 1 aromatic carbocycles. The zero-order chi connectivity index (χ0) is 18.9. The van der Waals surface area contributed by atoms with E-state index in [1.54, 1.807) is 26.0 Å². The van der Waals surface area contributed by atoms with Crippen molar-refractivity contribution in [1.82, 2.24) is 0 Å². The molecule has 4 nitrogen and oxygen atoms in total. The average molecular weight is 358 g/mol. The molecule has 0 saturated heterocycles. The molecule has 0 fully saturated rings. The molecule has 0 amide bonds. The Labute approximate surface area is 147 Å². The topological polar surface area (TPSA) is 62.4 Å². The molecule has 0 radical (unpaired) electrons. The Morgan fingerprint density at radius 2 is 1.88 bits per heavy atom. The summed E-state index contributed by atoms with van der Waals surface area (Å²) in [5.74, 6) is 1.37. The lowest BCUT2D eigenvalue weighted by molar-refractivity contribution is -0.137. The van der Waals surface area contributed by atoms with E-state index < -0.39 is 11.7 Å². The van der Waals surface area contributed by atoms with Gasteiger partial charge in [0.05, 0.1) is 11.8 Å². The third-order valence-corrected chi connectivity index (χ3v) is 3.89. The molecule has 26 heavy (non-hydrogen) atoms. The minimum absolute atomic E-state index is 0.166. The second-order valence-corrected chi connectivity index (χ2v) is 5.61. The van der Waals surface area contributed by atoms with Gasteiger partial charge >= 0.3 is 6.18 Å².